The van der Waals surface area contributed by atoms with Gasteiger partial charge in [-0.2, -0.15) is 13.2 Å². The van der Waals surface area contributed by atoms with Gasteiger partial charge in [-0.15, -0.1) is 0 Å². The molecular formula is C9H9F3N2O3. The summed E-state index contributed by atoms with van der Waals surface area (Å²) in [5, 5.41) is 10.0. The summed E-state index contributed by atoms with van der Waals surface area (Å²) >= 11 is 0. The minimum Gasteiger partial charge on any atom is -0.479 e. The van der Waals surface area contributed by atoms with Crippen molar-refractivity contribution in [3.8, 4) is 0 Å². The van der Waals surface area contributed by atoms with Crippen LogP contribution >= 0.6 is 0 Å². The highest BCUT2D eigenvalue weighted by molar-refractivity contribution is 5.96. The molecule has 1 unspecified atom stereocenters. The maximum absolute atomic E-state index is 12.6. The van der Waals surface area contributed by atoms with E-state index in [-0.39, 0.29) is 5.69 Å². The molecule has 0 spiro atoms. The molecule has 1 aromatic heterocycles. The number of carbonyl (C=O) groups excluding carboxylic acids is 1. The average Bonchev–Trinajstić information content (AvgIpc) is 2.67. The maximum Gasteiger partial charge on any atom is 0.422 e. The van der Waals surface area contributed by atoms with E-state index in [4.69, 9.17) is 5.11 Å². The maximum atomic E-state index is 12.6. The first-order valence-corrected chi connectivity index (χ1v) is 4.44. The molecule has 17 heavy (non-hydrogen) atoms. The zero-order valence-corrected chi connectivity index (χ0v) is 8.63. The van der Waals surface area contributed by atoms with E-state index in [0.717, 1.165) is 0 Å². The van der Waals surface area contributed by atoms with Crippen molar-refractivity contribution < 1.29 is 27.9 Å². The second-order valence-corrected chi connectivity index (χ2v) is 3.47. The Bertz CT molecular complexity index is 427. The number of carbonyl (C=O) groups is 2. The van der Waals surface area contributed by atoms with E-state index >= 15 is 0 Å². The summed E-state index contributed by atoms with van der Waals surface area (Å²) in [5.74, 6) is -3.32. The Balaban J connectivity index is 2.97. The number of rotatable bonds is 3. The first-order valence-electron chi connectivity index (χ1n) is 4.44. The van der Waals surface area contributed by atoms with Crippen molar-refractivity contribution in [2.45, 2.75) is 18.6 Å². The van der Waals surface area contributed by atoms with Crippen LogP contribution in [0.5, 0.6) is 0 Å². The quantitative estimate of drug-likeness (QED) is 0.752. The topological polar surface area (TPSA) is 82.2 Å². The highest BCUT2D eigenvalue weighted by Gasteiger charge is 2.58. The number of aromatic amines is 1. The fraction of sp³-hybridized carbons (Fsp3) is 0.333. The van der Waals surface area contributed by atoms with Gasteiger partial charge in [-0.1, -0.05) is 0 Å². The largest absolute Gasteiger partial charge is 0.479 e. The molecule has 0 aliphatic rings. The van der Waals surface area contributed by atoms with E-state index in [1.54, 1.807) is 0 Å². The van der Waals surface area contributed by atoms with Crippen LogP contribution in [0.4, 0.5) is 13.2 Å². The number of alkyl halides is 3. The lowest BCUT2D eigenvalue weighted by Crippen LogP contribution is -2.61. The van der Waals surface area contributed by atoms with Crippen LogP contribution in [0.1, 0.15) is 17.4 Å². The van der Waals surface area contributed by atoms with Crippen molar-refractivity contribution in [3.05, 3.63) is 24.0 Å². The van der Waals surface area contributed by atoms with E-state index in [0.29, 0.717) is 6.92 Å². The van der Waals surface area contributed by atoms with Crippen LogP contribution in [0.15, 0.2) is 18.3 Å². The number of hydrogen-bond donors (Lipinski definition) is 3. The molecule has 1 amide bonds. The normalized spacial score (nSPS) is 15.1. The number of aromatic nitrogens is 1. The van der Waals surface area contributed by atoms with Crippen LogP contribution in [0.25, 0.3) is 0 Å². The van der Waals surface area contributed by atoms with Gasteiger partial charge in [0.1, 0.15) is 5.69 Å². The van der Waals surface area contributed by atoms with Gasteiger partial charge in [0.15, 0.2) is 0 Å². The van der Waals surface area contributed by atoms with Crippen molar-refractivity contribution in [3.63, 3.8) is 0 Å². The molecule has 0 saturated carbocycles. The van der Waals surface area contributed by atoms with Gasteiger partial charge >= 0.3 is 12.1 Å². The Hall–Kier alpha value is -1.99. The smallest absolute Gasteiger partial charge is 0.422 e. The lowest BCUT2D eigenvalue weighted by Gasteiger charge is -2.28. The highest BCUT2D eigenvalue weighted by Crippen LogP contribution is 2.30. The molecule has 0 aliphatic carbocycles. The third kappa shape index (κ3) is 2.40. The van der Waals surface area contributed by atoms with Crippen LogP contribution in [0.3, 0.4) is 0 Å². The molecule has 8 heteroatoms. The van der Waals surface area contributed by atoms with Crippen molar-refractivity contribution >= 4 is 11.9 Å². The predicted molar refractivity (Wildman–Crippen MR) is 50.4 cm³/mol. The Kier molecular flexibility index (Phi) is 3.16. The fourth-order valence-electron chi connectivity index (χ4n) is 1.01. The molecule has 1 heterocycles. The number of halogens is 3. The second-order valence-electron chi connectivity index (χ2n) is 3.47. The van der Waals surface area contributed by atoms with E-state index < -0.39 is 23.6 Å². The van der Waals surface area contributed by atoms with E-state index in [1.165, 1.54) is 23.6 Å². The molecule has 1 atom stereocenters. The van der Waals surface area contributed by atoms with Gasteiger partial charge in [-0.3, -0.25) is 4.79 Å². The second kappa shape index (κ2) is 4.11. The predicted octanol–water partition coefficient (Wildman–Crippen LogP) is 1.15. The molecule has 0 saturated heterocycles. The third-order valence-electron chi connectivity index (χ3n) is 2.20. The highest BCUT2D eigenvalue weighted by atomic mass is 19.4. The number of hydrogen-bond acceptors (Lipinski definition) is 2. The Morgan fingerprint density at radius 3 is 2.35 bits per heavy atom. The minimum atomic E-state index is -5.10. The lowest BCUT2D eigenvalue weighted by molar-refractivity contribution is -0.203. The standard InChI is InChI=1S/C9H9F3N2O3/c1-8(7(16)17,9(10,11)12)14-6(15)5-3-2-4-13-5/h2-4,13H,1H3,(H,14,15)(H,16,17). The number of carboxylic acid groups (broad SMARTS) is 1. The molecule has 0 aromatic carbocycles. The van der Waals surface area contributed by atoms with Gasteiger partial charge < -0.3 is 15.4 Å². The third-order valence-corrected chi connectivity index (χ3v) is 2.20. The lowest BCUT2D eigenvalue weighted by atomic mass is 10.0. The number of aliphatic carboxylic acids is 1. The number of carboxylic acids is 1. The van der Waals surface area contributed by atoms with Crippen LogP contribution in [0, 0.1) is 0 Å². The van der Waals surface area contributed by atoms with E-state index in [1.807, 2.05) is 0 Å². The van der Waals surface area contributed by atoms with Crippen molar-refractivity contribution in [1.82, 2.24) is 10.3 Å². The molecule has 1 aromatic rings. The fourth-order valence-corrected chi connectivity index (χ4v) is 1.01. The van der Waals surface area contributed by atoms with Crippen molar-refractivity contribution in [1.29, 1.82) is 0 Å². The molecular weight excluding hydrogens is 241 g/mol. The minimum absolute atomic E-state index is 0.151. The molecule has 0 aliphatic heterocycles. The van der Waals surface area contributed by atoms with Crippen LogP contribution < -0.4 is 5.32 Å². The van der Waals surface area contributed by atoms with Gasteiger partial charge in [0.05, 0.1) is 0 Å². The summed E-state index contributed by atoms with van der Waals surface area (Å²) in [4.78, 5) is 24.4. The average molecular weight is 250 g/mol. The van der Waals surface area contributed by atoms with Crippen molar-refractivity contribution in [2.24, 2.45) is 0 Å². The molecule has 5 nitrogen and oxygen atoms in total. The molecule has 0 radical (unpaired) electrons. The molecule has 0 fully saturated rings. The monoisotopic (exact) mass is 250 g/mol. The van der Waals surface area contributed by atoms with Crippen LogP contribution in [-0.2, 0) is 4.79 Å². The number of H-pyrrole nitrogens is 1. The zero-order chi connectivity index (χ0) is 13.3. The van der Waals surface area contributed by atoms with Gasteiger partial charge in [-0.25, -0.2) is 4.79 Å². The van der Waals surface area contributed by atoms with Gasteiger partial charge in [0.2, 0.25) is 5.54 Å². The Morgan fingerprint density at radius 1 is 1.41 bits per heavy atom. The van der Waals surface area contributed by atoms with Gasteiger partial charge in [0.25, 0.3) is 5.91 Å². The van der Waals surface area contributed by atoms with Gasteiger partial charge in [-0.05, 0) is 19.1 Å². The first-order chi connectivity index (χ1) is 7.68. The number of amides is 1. The Morgan fingerprint density at radius 2 is 2.00 bits per heavy atom. The van der Waals surface area contributed by atoms with Crippen LogP contribution in [0.2, 0.25) is 0 Å². The van der Waals surface area contributed by atoms with E-state index in [2.05, 4.69) is 4.98 Å². The first kappa shape index (κ1) is 13.1. The zero-order valence-electron chi connectivity index (χ0n) is 8.63. The number of nitrogens with one attached hydrogen (secondary N) is 2. The molecule has 0 bridgehead atoms. The summed E-state index contributed by atoms with van der Waals surface area (Å²) < 4.78 is 37.7. The summed E-state index contributed by atoms with van der Waals surface area (Å²) in [6, 6.07) is 2.63. The summed E-state index contributed by atoms with van der Waals surface area (Å²) in [6.45, 7) is 0.385. The molecule has 94 valence electrons. The van der Waals surface area contributed by atoms with Gasteiger partial charge in [0, 0.05) is 6.20 Å². The summed E-state index contributed by atoms with van der Waals surface area (Å²) in [6.07, 6.45) is -3.76. The van der Waals surface area contributed by atoms with E-state index in [9.17, 15) is 22.8 Å². The molecule has 3 N–H and O–H groups in total. The van der Waals surface area contributed by atoms with Crippen molar-refractivity contribution in [2.75, 3.05) is 0 Å². The SMILES string of the molecule is CC(NC(=O)c1ccc[nH]1)(C(=O)O)C(F)(F)F. The molecule has 1 rings (SSSR count). The Labute approximate surface area is 93.6 Å². The summed E-state index contributed by atoms with van der Waals surface area (Å²) in [7, 11) is 0. The van der Waals surface area contributed by atoms with Crippen LogP contribution in [-0.4, -0.2) is 33.7 Å². The summed E-state index contributed by atoms with van der Waals surface area (Å²) in [5.41, 5.74) is -3.48.